The van der Waals surface area contributed by atoms with Gasteiger partial charge in [0.1, 0.15) is 50.2 Å². The Morgan fingerprint density at radius 1 is 0.372 bits per heavy atom. The summed E-state index contributed by atoms with van der Waals surface area (Å²) in [5.74, 6) is -8.40. The summed E-state index contributed by atoms with van der Waals surface area (Å²) in [5.41, 5.74) is -6.52. The van der Waals surface area contributed by atoms with E-state index >= 15 is 9.59 Å². The van der Waals surface area contributed by atoms with E-state index in [2.05, 4.69) is 51.2 Å². The van der Waals surface area contributed by atoms with Gasteiger partial charge in [0.25, 0.3) is 71.8 Å². The molecule has 0 aliphatic heterocycles. The molecule has 129 heavy (non-hydrogen) atoms. The molecule has 0 unspecified atom stereocenters. The van der Waals surface area contributed by atoms with Crippen LogP contribution in [-0.4, -0.2) is 148 Å². The van der Waals surface area contributed by atoms with E-state index in [9.17, 15) is 83.3 Å². The van der Waals surface area contributed by atoms with E-state index in [0.29, 0.717) is 0 Å². The Morgan fingerprint density at radius 2 is 0.760 bits per heavy atom. The van der Waals surface area contributed by atoms with Gasteiger partial charge in [-0.05, 0) is 119 Å². The van der Waals surface area contributed by atoms with Crippen LogP contribution in [-0.2, 0) is 111 Å². The molecule has 0 saturated heterocycles. The van der Waals surface area contributed by atoms with Gasteiger partial charge >= 0.3 is 12.0 Å². The van der Waals surface area contributed by atoms with Gasteiger partial charge in [-0.2, -0.15) is 80.4 Å². The van der Waals surface area contributed by atoms with Crippen LogP contribution in [0, 0.1) is 0 Å². The van der Waals surface area contributed by atoms with Crippen molar-refractivity contribution in [3.63, 3.8) is 0 Å². The number of carbonyl (C=O) groups is 4. The third kappa shape index (κ3) is 17.6. The van der Waals surface area contributed by atoms with Gasteiger partial charge in [0.05, 0.1) is 88.7 Å². The monoisotopic (exact) mass is 1860 g/mol. The lowest BCUT2D eigenvalue weighted by molar-refractivity contribution is 0.102. The van der Waals surface area contributed by atoms with E-state index < -0.39 is 197 Å². The lowest BCUT2D eigenvalue weighted by Crippen LogP contribution is -2.29. The third-order valence-electron chi connectivity index (χ3n) is 20.7. The molecule has 0 spiro atoms. The number of hydrogen-bond donors (Lipinski definition) is 7. The zero-order chi connectivity index (χ0) is 91.9. The number of para-hydroxylation sites is 2. The number of fused-ring (bicyclic) bond motifs is 4. The minimum Gasteiger partial charge on any atom is -0.424 e. The Kier molecular flexibility index (Phi) is 23.0. The highest BCUT2D eigenvalue weighted by Crippen LogP contribution is 2.49. The molecule has 38 nitrogen and oxygen atoms in total. The van der Waals surface area contributed by atoms with Crippen LogP contribution < -0.4 is 41.9 Å². The Bertz CT molecular complexity index is 8090. The molecule has 2 aliphatic carbocycles. The van der Waals surface area contributed by atoms with Crippen molar-refractivity contribution in [2.24, 2.45) is 14.1 Å². The molecule has 0 radical (unpaired) electrons. The molecule has 0 atom stereocenters. The fraction of sp³-hybridized carbons (Fsp3) is 0.106. The van der Waals surface area contributed by atoms with E-state index in [1.54, 1.807) is 48.5 Å². The molecule has 0 fully saturated rings. The van der Waals surface area contributed by atoms with E-state index in [0.717, 1.165) is 60.8 Å². The van der Waals surface area contributed by atoms with Crippen LogP contribution in [0.25, 0.3) is 44.1 Å². The minimum absolute atomic E-state index is 0.00384. The minimum atomic E-state index is -5.16. The first-order valence-corrected chi connectivity index (χ1v) is 46.8. The summed E-state index contributed by atoms with van der Waals surface area (Å²) in [4.78, 5) is 115. The van der Waals surface area contributed by atoms with Gasteiger partial charge in [-0.15, -0.1) is 0 Å². The van der Waals surface area contributed by atoms with Crippen molar-refractivity contribution in [2.75, 3.05) is 42.6 Å². The molecular formula is C85H64N12O26S6. The number of aryl methyl sites for hydroxylation is 2. The van der Waals surface area contributed by atoms with Crippen molar-refractivity contribution in [1.29, 1.82) is 0 Å². The van der Waals surface area contributed by atoms with Gasteiger partial charge < -0.3 is 39.9 Å². The Labute approximate surface area is 731 Å². The Balaban J connectivity index is 0.823. The predicted octanol–water partition coefficient (Wildman–Crippen LogP) is 11.0. The maximum Gasteiger partial charge on any atom is 0.327 e. The zero-order valence-electron chi connectivity index (χ0n) is 67.2. The average Bonchev–Trinajstić information content (AvgIpc) is 0.708. The van der Waals surface area contributed by atoms with E-state index in [-0.39, 0.29) is 123 Å². The van der Waals surface area contributed by atoms with Gasteiger partial charge in [-0.25, -0.2) is 0 Å². The fourth-order valence-electron chi connectivity index (χ4n) is 15.1. The molecule has 2 aliphatic rings. The van der Waals surface area contributed by atoms with Crippen LogP contribution in [0.3, 0.4) is 0 Å². The number of hydrogen-bond acceptors (Lipinski definition) is 33. The molecule has 4 aromatic heterocycles. The number of pyridine rings is 2. The van der Waals surface area contributed by atoms with Gasteiger partial charge in [-0.1, -0.05) is 115 Å². The zero-order valence-corrected chi connectivity index (χ0v) is 72.1. The topological polar surface area (TPSA) is 549 Å². The molecular weight excluding hydrogens is 1800 g/mol. The van der Waals surface area contributed by atoms with Crippen molar-refractivity contribution in [2.45, 2.75) is 38.4 Å². The molecule has 0 saturated carbocycles. The van der Waals surface area contributed by atoms with Crippen LogP contribution in [0.1, 0.15) is 92.0 Å². The summed E-state index contributed by atoms with van der Waals surface area (Å²) >= 11 is 0. The summed E-state index contributed by atoms with van der Waals surface area (Å²) in [6, 6.07) is 45.7. The largest absolute Gasteiger partial charge is 0.424 e. The predicted molar refractivity (Wildman–Crippen MR) is 466 cm³/mol. The number of aromatic nitrogens is 8. The quantitative estimate of drug-likeness (QED) is 0.0125. The fourth-order valence-corrected chi connectivity index (χ4v) is 19.3. The summed E-state index contributed by atoms with van der Waals surface area (Å²) in [6.45, 7) is 0. The van der Waals surface area contributed by atoms with E-state index in [1.165, 1.54) is 141 Å². The van der Waals surface area contributed by atoms with E-state index in [1.807, 2.05) is 0 Å². The molecule has 16 rings (SSSR count). The second-order valence-corrected chi connectivity index (χ2v) is 38.3. The van der Waals surface area contributed by atoms with Crippen LogP contribution in [0.4, 0.5) is 46.0 Å². The van der Waals surface area contributed by atoms with Crippen molar-refractivity contribution in [3.05, 3.63) is 300 Å². The van der Waals surface area contributed by atoms with Gasteiger partial charge in [0.2, 0.25) is 11.9 Å². The number of benzene rings is 10. The lowest BCUT2D eigenvalue weighted by atomic mass is 9.80. The molecule has 14 aromatic rings. The number of ketones is 4. The SMILES string of the molecule is COS(=O)(=O)c1cccc(C(=O)c2c3c4c(c(Nc5cc(Nc6nc(Cc7nc(Nc8cc(Nc9ccc%10c%11c9C(=O)c9ccccc9-c%11c(C(=O)c9cccc(CS(=O)(=O)O)c9)c(=O)n%10C)c(CS(=O)(=O)O)cc8S(=O)(=O)OC)nc(Oc8ccccc8)n7)nc(Oc7ccccc7)n6)c(CS(=O)(=O)O)cc5S(=O)(=O)OC)ccc4n(C)c2=O)C(=O)c2ccccc2-3)c1. The summed E-state index contributed by atoms with van der Waals surface area (Å²) in [7, 11) is -24.2. The summed E-state index contributed by atoms with van der Waals surface area (Å²) in [6.07, 6.45) is -0.641. The van der Waals surface area contributed by atoms with Crippen molar-refractivity contribution in [1.82, 2.24) is 39.0 Å². The van der Waals surface area contributed by atoms with Crippen molar-refractivity contribution >= 4 is 152 Å². The summed E-state index contributed by atoms with van der Waals surface area (Å²) < 4.78 is 220. The normalized spacial score (nSPS) is 12.6. The van der Waals surface area contributed by atoms with Crippen LogP contribution in [0.15, 0.2) is 231 Å². The highest BCUT2D eigenvalue weighted by atomic mass is 32.2. The van der Waals surface area contributed by atoms with Crippen LogP contribution >= 0.6 is 0 Å². The Hall–Kier alpha value is -14.4. The highest BCUT2D eigenvalue weighted by molar-refractivity contribution is 7.87. The molecule has 0 bridgehead atoms. The number of carbonyl (C=O) groups excluding carboxylic acids is 4. The number of ether oxygens (including phenoxy) is 2. The first-order valence-electron chi connectivity index (χ1n) is 37.8. The average molecular weight is 1860 g/mol. The van der Waals surface area contributed by atoms with Gasteiger partial charge in [0.15, 0.2) is 23.1 Å². The van der Waals surface area contributed by atoms with E-state index in [4.69, 9.17) is 22.0 Å². The number of rotatable bonds is 30. The van der Waals surface area contributed by atoms with Gasteiger partial charge in [0, 0.05) is 69.6 Å². The van der Waals surface area contributed by atoms with Crippen LogP contribution in [0.2, 0.25) is 0 Å². The number of anilines is 8. The standard InChI is InChI=1S/C85H64N12O26S6/c1-96-62-32-30-56(70-72(62)68(52-26-12-14-28-54(52)78(70)100)74(80(96)102)76(98)45-19-16-18-44(34-45)41-124(104,105)106)86-58-38-61(65(129(117,118)121-5)36-47(58)42-125(107,108)109)89-83-91-67(93-85(95-83)123-50-23-10-7-11-24-50)40-66-90-82(94-84(92-66)122-49-21-8-6-9-22-49)88-59-39-60(64(128(115,116)120-4)37-48(59)43-126(110,111)112)87-57-31-33-63-73-69(53-27-13-15-29-55(53)79(101)71(57)73)75(81(103)97(63)2)77(99)46-20-17-25-51(35-46)127(113,114)119-3/h6-39,86-87H,40-43H2,1-5H3,(H,104,105,106)(H,107,108,109)(H,110,111,112)(H,88,90,92,94)(H,89,91,93,95). The lowest BCUT2D eigenvalue weighted by Gasteiger charge is -2.26. The van der Waals surface area contributed by atoms with Crippen molar-refractivity contribution < 1.29 is 105 Å². The molecule has 4 heterocycles. The third-order valence-corrected chi connectivity index (χ3v) is 26.6. The number of nitrogens with one attached hydrogen (secondary N) is 4. The second kappa shape index (κ2) is 33.7. The molecule has 7 N–H and O–H groups in total. The molecule has 0 amide bonds. The highest BCUT2D eigenvalue weighted by Gasteiger charge is 2.39. The molecule has 10 aromatic carbocycles. The van der Waals surface area contributed by atoms with Crippen molar-refractivity contribution in [3.8, 4) is 45.8 Å². The Morgan fingerprint density at radius 3 is 1.19 bits per heavy atom. The number of nitrogens with zero attached hydrogens (tertiary/aromatic N) is 8. The first kappa shape index (κ1) is 88.0. The summed E-state index contributed by atoms with van der Waals surface area (Å²) in [5, 5.41) is 11.7. The maximum absolute atomic E-state index is 15.3. The molecule has 656 valence electrons. The first-order chi connectivity index (χ1) is 61.2. The second-order valence-electron chi connectivity index (χ2n) is 28.9. The van der Waals surface area contributed by atoms with Gasteiger partial charge in [-0.3, -0.25) is 55.0 Å². The molecule has 44 heteroatoms. The maximum atomic E-state index is 15.3. The smallest absolute Gasteiger partial charge is 0.327 e. The van der Waals surface area contributed by atoms with Crippen LogP contribution in [0.5, 0.6) is 23.5 Å².